The first-order valence-electron chi connectivity index (χ1n) is 10.3. The van der Waals surface area contributed by atoms with Crippen LogP contribution in [0.25, 0.3) is 5.57 Å². The third-order valence-corrected chi connectivity index (χ3v) is 8.68. The van der Waals surface area contributed by atoms with Crippen LogP contribution in [0.3, 0.4) is 0 Å². The lowest BCUT2D eigenvalue weighted by molar-refractivity contribution is 0.0654. The standard InChI is InChI=1S/C24H27NO3S/c1-17-7-9-20(10-8-17)29(26,27)25-13-18-11-12-24(2)16-28-15-19-5-3-4-6-21(19)23(24)22(18)14-25/h3-10,18H,11-16H2,1-2H3/t18-,24+/m0/s1. The maximum Gasteiger partial charge on any atom is 0.243 e. The number of hydrogen-bond acceptors (Lipinski definition) is 3. The van der Waals surface area contributed by atoms with Gasteiger partial charge in [0, 0.05) is 18.5 Å². The molecule has 5 heteroatoms. The second-order valence-corrected chi connectivity index (χ2v) is 10.9. The number of hydrogen-bond donors (Lipinski definition) is 0. The number of sulfonamides is 1. The van der Waals surface area contributed by atoms with E-state index in [0.717, 1.165) is 18.4 Å². The molecule has 1 aliphatic carbocycles. The molecule has 4 nitrogen and oxygen atoms in total. The molecule has 1 fully saturated rings. The van der Waals surface area contributed by atoms with Gasteiger partial charge in [-0.1, -0.05) is 48.9 Å². The quantitative estimate of drug-likeness (QED) is 0.739. The highest BCUT2D eigenvalue weighted by molar-refractivity contribution is 7.89. The molecule has 0 bridgehead atoms. The Kier molecular flexibility index (Phi) is 4.46. The second-order valence-electron chi connectivity index (χ2n) is 8.96. The van der Waals surface area contributed by atoms with Gasteiger partial charge < -0.3 is 4.74 Å². The van der Waals surface area contributed by atoms with Crippen molar-refractivity contribution in [2.75, 3.05) is 19.7 Å². The lowest BCUT2D eigenvalue weighted by atomic mass is 9.66. The zero-order valence-corrected chi connectivity index (χ0v) is 17.8. The van der Waals surface area contributed by atoms with Crippen LogP contribution < -0.4 is 0 Å². The molecule has 0 N–H and O–H groups in total. The van der Waals surface area contributed by atoms with Crippen molar-refractivity contribution >= 4 is 15.6 Å². The SMILES string of the molecule is Cc1ccc(S(=O)(=O)N2CC3=C4c5ccccc5COC[C@@]4(C)CC[C@H]3C2)cc1. The van der Waals surface area contributed by atoms with Crippen LogP contribution in [0, 0.1) is 18.3 Å². The molecule has 2 heterocycles. The van der Waals surface area contributed by atoms with E-state index in [1.165, 1.54) is 22.3 Å². The summed E-state index contributed by atoms with van der Waals surface area (Å²) in [4.78, 5) is 0.389. The monoisotopic (exact) mass is 409 g/mol. The average Bonchev–Trinajstić information content (AvgIpc) is 3.07. The van der Waals surface area contributed by atoms with Crippen LogP contribution in [0.2, 0.25) is 0 Å². The molecule has 0 amide bonds. The van der Waals surface area contributed by atoms with E-state index in [1.54, 1.807) is 16.4 Å². The van der Waals surface area contributed by atoms with Gasteiger partial charge in [-0.05, 0) is 60.1 Å². The van der Waals surface area contributed by atoms with Gasteiger partial charge >= 0.3 is 0 Å². The van der Waals surface area contributed by atoms with Crippen LogP contribution in [0.15, 0.2) is 59.0 Å². The topological polar surface area (TPSA) is 46.6 Å². The van der Waals surface area contributed by atoms with Crippen LogP contribution in [-0.4, -0.2) is 32.4 Å². The zero-order chi connectivity index (χ0) is 20.2. The van der Waals surface area contributed by atoms with Crippen molar-refractivity contribution in [2.24, 2.45) is 11.3 Å². The van der Waals surface area contributed by atoms with Crippen LogP contribution >= 0.6 is 0 Å². The highest BCUT2D eigenvalue weighted by Crippen LogP contribution is 2.53. The maximum atomic E-state index is 13.3. The summed E-state index contributed by atoms with van der Waals surface area (Å²) in [5.41, 5.74) is 6.11. The third kappa shape index (κ3) is 3.07. The highest BCUT2D eigenvalue weighted by atomic mass is 32.2. The Morgan fingerprint density at radius 3 is 2.66 bits per heavy atom. The molecule has 0 saturated carbocycles. The van der Waals surface area contributed by atoms with Crippen molar-refractivity contribution in [3.05, 3.63) is 70.8 Å². The van der Waals surface area contributed by atoms with Crippen molar-refractivity contribution in [1.82, 2.24) is 4.31 Å². The van der Waals surface area contributed by atoms with E-state index in [4.69, 9.17) is 4.74 Å². The van der Waals surface area contributed by atoms with Crippen molar-refractivity contribution in [3.63, 3.8) is 0 Å². The zero-order valence-electron chi connectivity index (χ0n) is 17.0. The Morgan fingerprint density at radius 1 is 1.10 bits per heavy atom. The van der Waals surface area contributed by atoms with Gasteiger partial charge in [0.1, 0.15) is 0 Å². The van der Waals surface area contributed by atoms with E-state index in [0.29, 0.717) is 37.1 Å². The molecule has 2 aromatic rings. The van der Waals surface area contributed by atoms with E-state index in [1.807, 2.05) is 19.1 Å². The summed E-state index contributed by atoms with van der Waals surface area (Å²) < 4.78 is 34.4. The van der Waals surface area contributed by atoms with Gasteiger partial charge in [-0.2, -0.15) is 4.31 Å². The molecule has 152 valence electrons. The number of benzene rings is 2. The summed E-state index contributed by atoms with van der Waals surface area (Å²) in [5, 5.41) is 0. The summed E-state index contributed by atoms with van der Waals surface area (Å²) in [6, 6.07) is 15.6. The van der Waals surface area contributed by atoms with Crippen LogP contribution in [0.1, 0.15) is 36.5 Å². The van der Waals surface area contributed by atoms with Crippen LogP contribution in [0.5, 0.6) is 0 Å². The third-order valence-electron chi connectivity index (χ3n) is 6.86. The van der Waals surface area contributed by atoms with Crippen molar-refractivity contribution in [3.8, 4) is 0 Å². The molecule has 0 spiro atoms. The Morgan fingerprint density at radius 2 is 1.86 bits per heavy atom. The van der Waals surface area contributed by atoms with Gasteiger partial charge in [-0.15, -0.1) is 0 Å². The molecule has 0 radical (unpaired) electrons. The summed E-state index contributed by atoms with van der Waals surface area (Å²) >= 11 is 0. The predicted molar refractivity (Wildman–Crippen MR) is 114 cm³/mol. The number of aryl methyl sites for hydroxylation is 1. The lowest BCUT2D eigenvalue weighted by Gasteiger charge is -2.38. The Labute approximate surface area is 173 Å². The summed E-state index contributed by atoms with van der Waals surface area (Å²) in [5.74, 6) is 0.296. The van der Waals surface area contributed by atoms with Gasteiger partial charge in [-0.25, -0.2) is 8.42 Å². The fraction of sp³-hybridized carbons (Fsp3) is 0.417. The minimum Gasteiger partial charge on any atom is -0.376 e. The summed E-state index contributed by atoms with van der Waals surface area (Å²) in [6.07, 6.45) is 2.05. The van der Waals surface area contributed by atoms with E-state index in [9.17, 15) is 8.42 Å². The Balaban J connectivity index is 1.60. The Hall–Kier alpha value is -1.95. The van der Waals surface area contributed by atoms with Crippen LogP contribution in [0.4, 0.5) is 0 Å². The number of ether oxygens (including phenoxy) is 1. The summed E-state index contributed by atoms with van der Waals surface area (Å²) in [6.45, 7) is 6.63. The normalized spacial score (nSPS) is 27.2. The van der Waals surface area contributed by atoms with E-state index >= 15 is 0 Å². The fourth-order valence-corrected chi connectivity index (χ4v) is 6.72. The summed E-state index contributed by atoms with van der Waals surface area (Å²) in [7, 11) is -3.49. The minimum atomic E-state index is -3.49. The predicted octanol–water partition coefficient (Wildman–Crippen LogP) is 4.40. The van der Waals surface area contributed by atoms with Gasteiger partial charge in [0.05, 0.1) is 18.1 Å². The van der Waals surface area contributed by atoms with E-state index in [-0.39, 0.29) is 5.41 Å². The minimum absolute atomic E-state index is 0.0535. The molecular weight excluding hydrogens is 382 g/mol. The molecule has 2 aromatic carbocycles. The largest absolute Gasteiger partial charge is 0.376 e. The van der Waals surface area contributed by atoms with E-state index in [2.05, 4.69) is 31.2 Å². The molecule has 2 atom stereocenters. The van der Waals surface area contributed by atoms with Crippen molar-refractivity contribution in [1.29, 1.82) is 0 Å². The first-order valence-corrected chi connectivity index (χ1v) is 11.8. The molecule has 5 rings (SSSR count). The number of fused-ring (bicyclic) bond motifs is 4. The number of nitrogens with zero attached hydrogens (tertiary/aromatic N) is 1. The van der Waals surface area contributed by atoms with Gasteiger partial charge in [0.15, 0.2) is 0 Å². The van der Waals surface area contributed by atoms with Gasteiger partial charge in [0.2, 0.25) is 10.0 Å². The van der Waals surface area contributed by atoms with Gasteiger partial charge in [-0.3, -0.25) is 0 Å². The number of rotatable bonds is 2. The van der Waals surface area contributed by atoms with Crippen LogP contribution in [-0.2, 0) is 21.4 Å². The first kappa shape index (κ1) is 19.0. The smallest absolute Gasteiger partial charge is 0.243 e. The Bertz CT molecular complexity index is 1090. The maximum absolute atomic E-state index is 13.3. The fourth-order valence-electron chi connectivity index (χ4n) is 5.25. The molecule has 0 aromatic heterocycles. The average molecular weight is 410 g/mol. The van der Waals surface area contributed by atoms with E-state index < -0.39 is 10.0 Å². The first-order chi connectivity index (χ1) is 13.9. The lowest BCUT2D eigenvalue weighted by Crippen LogP contribution is -2.30. The molecule has 3 aliphatic rings. The highest BCUT2D eigenvalue weighted by Gasteiger charge is 2.46. The molecule has 2 aliphatic heterocycles. The molecular formula is C24H27NO3S. The molecule has 1 saturated heterocycles. The van der Waals surface area contributed by atoms with Gasteiger partial charge in [0.25, 0.3) is 0 Å². The molecule has 0 unspecified atom stereocenters. The molecule has 29 heavy (non-hydrogen) atoms. The second kappa shape index (κ2) is 6.79. The van der Waals surface area contributed by atoms with Crippen molar-refractivity contribution < 1.29 is 13.2 Å². The van der Waals surface area contributed by atoms with Crippen molar-refractivity contribution in [2.45, 2.75) is 38.2 Å².